The minimum atomic E-state index is 0.844. The fourth-order valence-corrected chi connectivity index (χ4v) is 2.14. The zero-order valence-electron chi connectivity index (χ0n) is 9.32. The molecule has 0 aliphatic rings. The van der Waals surface area contributed by atoms with Crippen LogP contribution >= 0.6 is 23.6 Å². The largest absolute Gasteiger partial charge is 0.363 e. The van der Waals surface area contributed by atoms with E-state index in [9.17, 15) is 0 Å². The fraction of sp³-hybridized carbons (Fsp3) is 0.545. The summed E-state index contributed by atoms with van der Waals surface area (Å²) in [6.07, 6.45) is 2.37. The van der Waals surface area contributed by atoms with Gasteiger partial charge in [0.1, 0.15) is 0 Å². The highest BCUT2D eigenvalue weighted by molar-refractivity contribution is 7.80. The first-order valence-electron chi connectivity index (χ1n) is 5.25. The quantitative estimate of drug-likeness (QED) is 0.631. The minimum absolute atomic E-state index is 0.844. The molecule has 0 atom stereocenters. The van der Waals surface area contributed by atoms with E-state index in [4.69, 9.17) is 12.2 Å². The first kappa shape index (κ1) is 12.5. The van der Waals surface area contributed by atoms with Crippen LogP contribution in [-0.4, -0.2) is 23.6 Å². The molecule has 0 aromatic carbocycles. The van der Waals surface area contributed by atoms with Gasteiger partial charge in [-0.05, 0) is 30.1 Å². The summed E-state index contributed by atoms with van der Waals surface area (Å²) in [5.41, 5.74) is 0. The van der Waals surface area contributed by atoms with Crippen LogP contribution in [0.2, 0.25) is 0 Å². The first-order chi connectivity index (χ1) is 7.24. The maximum absolute atomic E-state index is 5.28. The maximum atomic E-state index is 5.28. The lowest BCUT2D eigenvalue weighted by molar-refractivity contribution is 0.492. The molecular weight excluding hydrogens is 224 g/mol. The highest BCUT2D eigenvalue weighted by Gasteiger charge is 2.04. The highest BCUT2D eigenvalue weighted by Crippen LogP contribution is 2.10. The van der Waals surface area contributed by atoms with Gasteiger partial charge >= 0.3 is 0 Å². The van der Waals surface area contributed by atoms with E-state index in [-0.39, 0.29) is 0 Å². The van der Waals surface area contributed by atoms with Crippen molar-refractivity contribution < 1.29 is 0 Å². The summed E-state index contributed by atoms with van der Waals surface area (Å²) < 4.78 is 0. The van der Waals surface area contributed by atoms with E-state index in [1.54, 1.807) is 11.3 Å². The predicted octanol–water partition coefficient (Wildman–Crippen LogP) is 2.85. The molecule has 0 amide bonds. The van der Waals surface area contributed by atoms with Crippen LogP contribution in [0.25, 0.3) is 0 Å². The van der Waals surface area contributed by atoms with Gasteiger partial charge in [0, 0.05) is 18.5 Å². The minimum Gasteiger partial charge on any atom is -0.363 e. The van der Waals surface area contributed by atoms with Crippen LogP contribution in [0.3, 0.4) is 0 Å². The Morgan fingerprint density at radius 2 is 2.40 bits per heavy atom. The summed E-state index contributed by atoms with van der Waals surface area (Å²) in [4.78, 5) is 3.42. The average molecular weight is 242 g/mol. The number of hydrogen-bond donors (Lipinski definition) is 1. The van der Waals surface area contributed by atoms with Crippen molar-refractivity contribution in [2.24, 2.45) is 0 Å². The Kier molecular flexibility index (Phi) is 5.65. The smallest absolute Gasteiger partial charge is 0.169 e. The third-order valence-corrected chi connectivity index (χ3v) is 3.44. The molecule has 0 saturated carbocycles. The van der Waals surface area contributed by atoms with E-state index in [1.165, 1.54) is 17.7 Å². The molecule has 0 fully saturated rings. The van der Waals surface area contributed by atoms with Crippen LogP contribution in [0.5, 0.6) is 0 Å². The van der Waals surface area contributed by atoms with Gasteiger partial charge < -0.3 is 10.2 Å². The van der Waals surface area contributed by atoms with Crippen molar-refractivity contribution in [1.82, 2.24) is 10.2 Å². The molecule has 0 radical (unpaired) electrons. The van der Waals surface area contributed by atoms with E-state index in [0.29, 0.717) is 0 Å². The van der Waals surface area contributed by atoms with Gasteiger partial charge in [0.05, 0.1) is 6.54 Å². The molecule has 0 aliphatic carbocycles. The standard InChI is InChI=1S/C11H18N2S2/c1-3-4-7-12-11(14)13(2)9-10-6-5-8-15-10/h5-6,8H,3-4,7,9H2,1-2H3,(H,12,14). The number of hydrogen-bond acceptors (Lipinski definition) is 2. The first-order valence-corrected chi connectivity index (χ1v) is 6.54. The average Bonchev–Trinajstić information content (AvgIpc) is 2.70. The molecule has 0 saturated heterocycles. The maximum Gasteiger partial charge on any atom is 0.169 e. The number of nitrogens with one attached hydrogen (secondary N) is 1. The Balaban J connectivity index is 2.27. The number of nitrogens with zero attached hydrogens (tertiary/aromatic N) is 1. The predicted molar refractivity (Wildman–Crippen MR) is 71.3 cm³/mol. The Morgan fingerprint density at radius 1 is 1.60 bits per heavy atom. The molecule has 1 rings (SSSR count). The van der Waals surface area contributed by atoms with Gasteiger partial charge in [-0.3, -0.25) is 0 Å². The molecule has 2 nitrogen and oxygen atoms in total. The molecule has 84 valence electrons. The number of rotatable bonds is 5. The van der Waals surface area contributed by atoms with Gasteiger partial charge in [-0.15, -0.1) is 11.3 Å². The van der Waals surface area contributed by atoms with Crippen LogP contribution in [0.15, 0.2) is 17.5 Å². The molecule has 1 N–H and O–H groups in total. The monoisotopic (exact) mass is 242 g/mol. The second-order valence-electron chi connectivity index (χ2n) is 3.52. The highest BCUT2D eigenvalue weighted by atomic mass is 32.1. The summed E-state index contributed by atoms with van der Waals surface area (Å²) in [6.45, 7) is 4.06. The van der Waals surface area contributed by atoms with E-state index in [1.807, 2.05) is 7.05 Å². The molecular formula is C11H18N2S2. The van der Waals surface area contributed by atoms with E-state index in [2.05, 4.69) is 34.7 Å². The van der Waals surface area contributed by atoms with Gasteiger partial charge in [-0.2, -0.15) is 0 Å². The van der Waals surface area contributed by atoms with Gasteiger partial charge in [0.2, 0.25) is 0 Å². The molecule has 1 aromatic heterocycles. The van der Waals surface area contributed by atoms with E-state index >= 15 is 0 Å². The van der Waals surface area contributed by atoms with Crippen LogP contribution in [0.4, 0.5) is 0 Å². The van der Waals surface area contributed by atoms with Crippen molar-refractivity contribution in [3.8, 4) is 0 Å². The zero-order chi connectivity index (χ0) is 11.1. The lowest BCUT2D eigenvalue weighted by Gasteiger charge is -2.20. The zero-order valence-corrected chi connectivity index (χ0v) is 11.0. The molecule has 0 bridgehead atoms. The summed E-state index contributed by atoms with van der Waals surface area (Å²) in [5.74, 6) is 0. The SMILES string of the molecule is CCCCNC(=S)N(C)Cc1cccs1. The molecule has 15 heavy (non-hydrogen) atoms. The number of thiophene rings is 1. The Bertz CT molecular complexity index is 283. The topological polar surface area (TPSA) is 15.3 Å². The van der Waals surface area contributed by atoms with Crippen molar-refractivity contribution in [3.05, 3.63) is 22.4 Å². The molecule has 1 aromatic rings. The third-order valence-electron chi connectivity index (χ3n) is 2.13. The number of thiocarbonyl (C=S) groups is 1. The summed E-state index contributed by atoms with van der Waals surface area (Å²) in [7, 11) is 2.03. The lowest BCUT2D eigenvalue weighted by atomic mass is 10.3. The van der Waals surface area contributed by atoms with Crippen molar-refractivity contribution in [3.63, 3.8) is 0 Å². The third kappa shape index (κ3) is 4.62. The Hall–Kier alpha value is -0.610. The molecule has 0 unspecified atom stereocenters. The number of unbranched alkanes of at least 4 members (excludes halogenated alkanes) is 1. The second kappa shape index (κ2) is 6.80. The fourth-order valence-electron chi connectivity index (χ4n) is 1.22. The van der Waals surface area contributed by atoms with Gasteiger partial charge in [-0.25, -0.2) is 0 Å². The molecule has 0 aliphatic heterocycles. The molecule has 0 spiro atoms. The van der Waals surface area contributed by atoms with Crippen LogP contribution in [0.1, 0.15) is 24.6 Å². The summed E-state index contributed by atoms with van der Waals surface area (Å²) in [6, 6.07) is 4.21. The lowest BCUT2D eigenvalue weighted by Crippen LogP contribution is -2.36. The second-order valence-corrected chi connectivity index (χ2v) is 4.94. The Labute approximate surface area is 101 Å². The van der Waals surface area contributed by atoms with E-state index in [0.717, 1.165) is 18.2 Å². The van der Waals surface area contributed by atoms with Crippen molar-refractivity contribution in [1.29, 1.82) is 0 Å². The van der Waals surface area contributed by atoms with Gasteiger partial charge in [-0.1, -0.05) is 19.4 Å². The van der Waals surface area contributed by atoms with Crippen molar-refractivity contribution >= 4 is 28.7 Å². The van der Waals surface area contributed by atoms with Gasteiger partial charge in [0.25, 0.3) is 0 Å². The molecule has 1 heterocycles. The van der Waals surface area contributed by atoms with Crippen LogP contribution < -0.4 is 5.32 Å². The Morgan fingerprint density at radius 3 is 3.00 bits per heavy atom. The molecule has 4 heteroatoms. The van der Waals surface area contributed by atoms with Crippen LogP contribution in [-0.2, 0) is 6.54 Å². The van der Waals surface area contributed by atoms with E-state index < -0.39 is 0 Å². The summed E-state index contributed by atoms with van der Waals surface area (Å²) in [5, 5.41) is 6.20. The van der Waals surface area contributed by atoms with Crippen molar-refractivity contribution in [2.45, 2.75) is 26.3 Å². The van der Waals surface area contributed by atoms with Crippen LogP contribution in [0, 0.1) is 0 Å². The van der Waals surface area contributed by atoms with Crippen molar-refractivity contribution in [2.75, 3.05) is 13.6 Å². The normalized spacial score (nSPS) is 10.0. The van der Waals surface area contributed by atoms with Gasteiger partial charge in [0.15, 0.2) is 5.11 Å². The summed E-state index contributed by atoms with van der Waals surface area (Å²) >= 11 is 7.05.